The van der Waals surface area contributed by atoms with E-state index in [1.165, 1.54) is 49.7 Å². The van der Waals surface area contributed by atoms with Crippen LogP contribution in [0.2, 0.25) is 0 Å². The van der Waals surface area contributed by atoms with Crippen LogP contribution in [0, 0.1) is 5.92 Å². The monoisotopic (exact) mass is 407 g/mol. The van der Waals surface area contributed by atoms with E-state index in [4.69, 9.17) is 14.5 Å². The van der Waals surface area contributed by atoms with E-state index in [2.05, 4.69) is 69.3 Å². The van der Waals surface area contributed by atoms with Crippen molar-refractivity contribution in [3.05, 3.63) is 54.1 Å². The molecule has 0 saturated heterocycles. The van der Waals surface area contributed by atoms with Crippen molar-refractivity contribution in [1.29, 1.82) is 0 Å². The van der Waals surface area contributed by atoms with Crippen molar-refractivity contribution in [2.45, 2.75) is 71.8 Å². The first kappa shape index (κ1) is 22.4. The lowest BCUT2D eigenvalue weighted by Crippen LogP contribution is -2.13. The molecule has 3 heteroatoms. The molecular formula is C27H37NO2. The highest BCUT2D eigenvalue weighted by atomic mass is 16.5. The maximum absolute atomic E-state index is 5.91. The van der Waals surface area contributed by atoms with Crippen molar-refractivity contribution in [2.24, 2.45) is 10.9 Å². The highest BCUT2D eigenvalue weighted by Crippen LogP contribution is 2.24. The molecule has 1 aliphatic heterocycles. The van der Waals surface area contributed by atoms with Crippen molar-refractivity contribution in [3.8, 4) is 16.9 Å². The fraction of sp³-hybridized carbons (Fsp3) is 0.519. The molecule has 162 valence electrons. The molecular weight excluding hydrogens is 370 g/mol. The highest BCUT2D eigenvalue weighted by molar-refractivity contribution is 5.95. The summed E-state index contributed by atoms with van der Waals surface area (Å²) in [5, 5.41) is 0. The van der Waals surface area contributed by atoms with Crippen molar-refractivity contribution < 1.29 is 9.47 Å². The van der Waals surface area contributed by atoms with Gasteiger partial charge in [-0.15, -0.1) is 0 Å². The third-order valence-corrected chi connectivity index (χ3v) is 5.78. The predicted molar refractivity (Wildman–Crippen MR) is 126 cm³/mol. The van der Waals surface area contributed by atoms with Crippen LogP contribution in [0.3, 0.4) is 0 Å². The summed E-state index contributed by atoms with van der Waals surface area (Å²) in [6, 6.07) is 17.2. The lowest BCUT2D eigenvalue weighted by atomic mass is 10.0. The Morgan fingerprint density at radius 3 is 2.00 bits per heavy atom. The molecule has 0 amide bonds. The SMILES string of the molecule is CCCCCCCCCOc1ccc(-c2ccc(C3=N[C@@H](C(C)C)CO3)cc2)cc1. The van der Waals surface area contributed by atoms with E-state index in [0.717, 1.165) is 30.2 Å². The Kier molecular flexibility index (Phi) is 8.80. The van der Waals surface area contributed by atoms with E-state index in [0.29, 0.717) is 12.5 Å². The third-order valence-electron chi connectivity index (χ3n) is 5.78. The second kappa shape index (κ2) is 11.8. The standard InChI is InChI=1S/C27H37NO2/c1-4-5-6-7-8-9-10-19-29-25-17-15-23(16-18-25)22-11-13-24(14-12-22)27-28-26(20-30-27)21(2)3/h11-18,21,26H,4-10,19-20H2,1-3H3/t26-/m1/s1. The predicted octanol–water partition coefficient (Wildman–Crippen LogP) is 7.28. The van der Waals surface area contributed by atoms with Crippen molar-refractivity contribution in [3.63, 3.8) is 0 Å². The number of hydrogen-bond donors (Lipinski definition) is 0. The summed E-state index contributed by atoms with van der Waals surface area (Å²) in [7, 11) is 0. The largest absolute Gasteiger partial charge is 0.494 e. The molecule has 0 aliphatic carbocycles. The van der Waals surface area contributed by atoms with E-state index in [1.807, 2.05) is 0 Å². The first-order chi connectivity index (χ1) is 14.7. The Labute approximate surface area is 182 Å². The Bertz CT molecular complexity index is 778. The molecule has 0 radical (unpaired) electrons. The van der Waals surface area contributed by atoms with Crippen LogP contribution in [-0.4, -0.2) is 25.2 Å². The van der Waals surface area contributed by atoms with Crippen LogP contribution >= 0.6 is 0 Å². The van der Waals surface area contributed by atoms with Gasteiger partial charge in [0.25, 0.3) is 0 Å². The molecule has 2 aromatic carbocycles. The quantitative estimate of drug-likeness (QED) is 0.346. The van der Waals surface area contributed by atoms with Crippen LogP contribution in [0.1, 0.15) is 71.3 Å². The normalized spacial score (nSPS) is 15.9. The number of hydrogen-bond acceptors (Lipinski definition) is 3. The molecule has 3 nitrogen and oxygen atoms in total. The summed E-state index contributed by atoms with van der Waals surface area (Å²) in [5.74, 6) is 2.23. The van der Waals surface area contributed by atoms with Gasteiger partial charge in [-0.3, -0.25) is 0 Å². The van der Waals surface area contributed by atoms with Gasteiger partial charge in [0.2, 0.25) is 5.90 Å². The molecule has 30 heavy (non-hydrogen) atoms. The summed E-state index contributed by atoms with van der Waals surface area (Å²) in [6.45, 7) is 8.13. The van der Waals surface area contributed by atoms with Gasteiger partial charge in [0.05, 0.1) is 12.6 Å². The highest BCUT2D eigenvalue weighted by Gasteiger charge is 2.22. The topological polar surface area (TPSA) is 30.8 Å². The molecule has 0 aromatic heterocycles. The number of ether oxygens (including phenoxy) is 2. The van der Waals surface area contributed by atoms with Gasteiger partial charge in [-0.2, -0.15) is 0 Å². The maximum atomic E-state index is 5.91. The fourth-order valence-corrected chi connectivity index (χ4v) is 3.69. The third kappa shape index (κ3) is 6.62. The minimum absolute atomic E-state index is 0.272. The fourth-order valence-electron chi connectivity index (χ4n) is 3.69. The number of benzene rings is 2. The Morgan fingerprint density at radius 1 is 0.833 bits per heavy atom. The van der Waals surface area contributed by atoms with E-state index in [9.17, 15) is 0 Å². The van der Waals surface area contributed by atoms with Gasteiger partial charge in [0.15, 0.2) is 0 Å². The van der Waals surface area contributed by atoms with E-state index in [-0.39, 0.29) is 6.04 Å². The molecule has 0 saturated carbocycles. The van der Waals surface area contributed by atoms with Gasteiger partial charge in [-0.1, -0.05) is 83.6 Å². The lowest BCUT2D eigenvalue weighted by molar-refractivity contribution is 0.292. The summed E-state index contributed by atoms with van der Waals surface area (Å²) < 4.78 is 11.7. The molecule has 0 N–H and O–H groups in total. The van der Waals surface area contributed by atoms with Gasteiger partial charge in [-0.25, -0.2) is 4.99 Å². The van der Waals surface area contributed by atoms with Crippen molar-refractivity contribution in [1.82, 2.24) is 0 Å². The Balaban J connectivity index is 1.45. The number of rotatable bonds is 12. The molecule has 1 heterocycles. The van der Waals surface area contributed by atoms with Gasteiger partial charge in [0, 0.05) is 5.56 Å². The van der Waals surface area contributed by atoms with Gasteiger partial charge in [0.1, 0.15) is 12.4 Å². The Morgan fingerprint density at radius 2 is 1.40 bits per heavy atom. The second-order valence-corrected chi connectivity index (χ2v) is 8.63. The van der Waals surface area contributed by atoms with Crippen LogP contribution in [0.5, 0.6) is 5.75 Å². The Hall–Kier alpha value is -2.29. The van der Waals surface area contributed by atoms with Gasteiger partial charge >= 0.3 is 0 Å². The van der Waals surface area contributed by atoms with E-state index in [1.54, 1.807) is 0 Å². The van der Waals surface area contributed by atoms with Crippen LogP contribution < -0.4 is 4.74 Å². The lowest BCUT2D eigenvalue weighted by Gasteiger charge is -2.08. The zero-order chi connectivity index (χ0) is 21.2. The molecule has 0 spiro atoms. The number of nitrogens with zero attached hydrogens (tertiary/aromatic N) is 1. The molecule has 1 atom stereocenters. The van der Waals surface area contributed by atoms with E-state index >= 15 is 0 Å². The summed E-state index contributed by atoms with van der Waals surface area (Å²) in [4.78, 5) is 4.71. The zero-order valence-corrected chi connectivity index (χ0v) is 18.9. The number of aliphatic imine (C=N–C) groups is 1. The van der Waals surface area contributed by atoms with Crippen molar-refractivity contribution >= 4 is 5.90 Å². The number of unbranched alkanes of at least 4 members (excludes halogenated alkanes) is 6. The van der Waals surface area contributed by atoms with Crippen LogP contribution in [0.4, 0.5) is 0 Å². The minimum Gasteiger partial charge on any atom is -0.494 e. The smallest absolute Gasteiger partial charge is 0.216 e. The molecule has 0 bridgehead atoms. The van der Waals surface area contributed by atoms with Gasteiger partial charge < -0.3 is 9.47 Å². The molecule has 0 unspecified atom stereocenters. The average Bonchev–Trinajstić information content (AvgIpc) is 3.27. The van der Waals surface area contributed by atoms with E-state index < -0.39 is 0 Å². The molecule has 3 rings (SSSR count). The first-order valence-electron chi connectivity index (χ1n) is 11.7. The average molecular weight is 408 g/mol. The van der Waals surface area contributed by atoms with Crippen molar-refractivity contribution in [2.75, 3.05) is 13.2 Å². The summed E-state index contributed by atoms with van der Waals surface area (Å²) in [5.41, 5.74) is 3.44. The van der Waals surface area contributed by atoms with Crippen LogP contribution in [0.25, 0.3) is 11.1 Å². The zero-order valence-electron chi connectivity index (χ0n) is 18.9. The molecule has 2 aromatic rings. The minimum atomic E-state index is 0.272. The maximum Gasteiger partial charge on any atom is 0.216 e. The molecule has 0 fully saturated rings. The summed E-state index contributed by atoms with van der Waals surface area (Å²) >= 11 is 0. The molecule has 1 aliphatic rings. The second-order valence-electron chi connectivity index (χ2n) is 8.63. The summed E-state index contributed by atoms with van der Waals surface area (Å²) in [6.07, 6.45) is 9.14. The first-order valence-corrected chi connectivity index (χ1v) is 11.7. The van der Waals surface area contributed by atoms with Crippen LogP contribution in [-0.2, 0) is 4.74 Å². The van der Waals surface area contributed by atoms with Gasteiger partial charge in [-0.05, 0) is 47.7 Å². The van der Waals surface area contributed by atoms with Crippen LogP contribution in [0.15, 0.2) is 53.5 Å².